The molecule has 0 rings (SSSR count). The van der Waals surface area contributed by atoms with Gasteiger partial charge in [-0.25, -0.2) is 0 Å². The minimum absolute atomic E-state index is 0.603. The molecule has 0 N–H and O–H groups in total. The molecule has 0 bridgehead atoms. The van der Waals surface area contributed by atoms with Gasteiger partial charge < -0.3 is 0 Å². The third-order valence-corrected chi connectivity index (χ3v) is 2.62. The highest BCUT2D eigenvalue weighted by molar-refractivity contribution is 5.83. The number of unbranched alkanes of at least 4 members (excludes halogenated alkanes) is 3. The molecule has 0 aromatic carbocycles. The molecule has 0 aromatic heterocycles. The fourth-order valence-corrected chi connectivity index (χ4v) is 1.63. The first-order chi connectivity index (χ1) is 9.29. The minimum atomic E-state index is 0.603. The molecule has 0 aromatic rings. The van der Waals surface area contributed by atoms with Crippen LogP contribution in [0.1, 0.15) is 46.0 Å². The zero-order valence-electron chi connectivity index (χ0n) is 12.0. The van der Waals surface area contributed by atoms with Crippen LogP contribution in [0.4, 0.5) is 0 Å². The lowest BCUT2D eigenvalue weighted by Crippen LogP contribution is -1.88. The second-order valence-corrected chi connectivity index (χ2v) is 4.23. The van der Waals surface area contributed by atoms with E-state index >= 15 is 0 Å². The lowest BCUT2D eigenvalue weighted by atomic mass is 10.0. The number of rotatable bonds is 10. The van der Waals surface area contributed by atoms with Gasteiger partial charge in [0.1, 0.15) is 6.29 Å². The molecule has 19 heavy (non-hydrogen) atoms. The number of hydrogen-bond acceptors (Lipinski definition) is 2. The highest BCUT2D eigenvalue weighted by atomic mass is 16.1. The Labute approximate surface area is 116 Å². The third kappa shape index (κ3) is 8.95. The van der Waals surface area contributed by atoms with Crippen LogP contribution in [-0.2, 0) is 9.59 Å². The van der Waals surface area contributed by atoms with Crippen LogP contribution >= 0.6 is 0 Å². The van der Waals surface area contributed by atoms with Crippen LogP contribution in [0.15, 0.2) is 47.6 Å². The van der Waals surface area contributed by atoms with E-state index in [2.05, 4.69) is 13.0 Å². The zero-order chi connectivity index (χ0) is 14.3. The average Bonchev–Trinajstić information content (AvgIpc) is 2.43. The highest BCUT2D eigenvalue weighted by Gasteiger charge is 1.98. The van der Waals surface area contributed by atoms with E-state index in [1.807, 2.05) is 19.1 Å². The van der Waals surface area contributed by atoms with Gasteiger partial charge in [0, 0.05) is 5.57 Å². The quantitative estimate of drug-likeness (QED) is 0.253. The van der Waals surface area contributed by atoms with E-state index < -0.39 is 0 Å². The predicted octanol–water partition coefficient (Wildman–Crippen LogP) is 4.34. The van der Waals surface area contributed by atoms with E-state index in [1.54, 1.807) is 12.2 Å². The summed E-state index contributed by atoms with van der Waals surface area (Å²) in [5.74, 6) is 0. The molecule has 0 unspecified atom stereocenters. The van der Waals surface area contributed by atoms with Crippen molar-refractivity contribution in [1.82, 2.24) is 0 Å². The fraction of sp³-hybridized carbons (Fsp3) is 0.412. The van der Waals surface area contributed by atoms with Crippen molar-refractivity contribution in [3.05, 3.63) is 47.6 Å². The van der Waals surface area contributed by atoms with Gasteiger partial charge in [0.25, 0.3) is 0 Å². The van der Waals surface area contributed by atoms with Gasteiger partial charge in [-0.2, -0.15) is 0 Å². The summed E-state index contributed by atoms with van der Waals surface area (Å²) in [6, 6.07) is 0. The minimum Gasteiger partial charge on any atom is -0.299 e. The number of allylic oxidation sites excluding steroid dienone is 8. The van der Waals surface area contributed by atoms with Crippen molar-refractivity contribution in [1.29, 1.82) is 0 Å². The normalized spacial score (nSPS) is 13.4. The van der Waals surface area contributed by atoms with Gasteiger partial charge in [0.2, 0.25) is 0 Å². The number of aldehydes is 2. The standard InChI is InChI=1S/C17H24O2/c1-3-5-6-7-8-9-12-17(15-19)16(11-4-2)13-10-14-18/h8-15H,3-7H2,1-2H3/b9-8?,13-10?,16-11?,17-12+. The smallest absolute Gasteiger partial charge is 0.150 e. The molecule has 0 aliphatic carbocycles. The summed E-state index contributed by atoms with van der Waals surface area (Å²) >= 11 is 0. The summed E-state index contributed by atoms with van der Waals surface area (Å²) in [4.78, 5) is 21.4. The average molecular weight is 260 g/mol. The van der Waals surface area contributed by atoms with Crippen LogP contribution in [0.5, 0.6) is 0 Å². The maximum absolute atomic E-state index is 11.1. The van der Waals surface area contributed by atoms with Gasteiger partial charge in [-0.3, -0.25) is 9.59 Å². The monoisotopic (exact) mass is 260 g/mol. The molecule has 0 radical (unpaired) electrons. The molecule has 0 fully saturated rings. The van der Waals surface area contributed by atoms with Gasteiger partial charge in [-0.05, 0) is 30.9 Å². The molecule has 0 amide bonds. The lowest BCUT2D eigenvalue weighted by Gasteiger charge is -1.99. The second kappa shape index (κ2) is 12.7. The van der Waals surface area contributed by atoms with E-state index in [0.29, 0.717) is 11.9 Å². The third-order valence-electron chi connectivity index (χ3n) is 2.62. The van der Waals surface area contributed by atoms with Crippen LogP contribution < -0.4 is 0 Å². The zero-order valence-corrected chi connectivity index (χ0v) is 12.0. The molecule has 2 nitrogen and oxygen atoms in total. The Bertz CT molecular complexity index is 371. The van der Waals surface area contributed by atoms with Crippen LogP contribution in [0.2, 0.25) is 0 Å². The van der Waals surface area contributed by atoms with Crippen molar-refractivity contribution in [2.75, 3.05) is 0 Å². The van der Waals surface area contributed by atoms with E-state index in [9.17, 15) is 9.59 Å². The van der Waals surface area contributed by atoms with Crippen molar-refractivity contribution < 1.29 is 9.59 Å². The Morgan fingerprint density at radius 2 is 1.79 bits per heavy atom. The molecule has 0 heterocycles. The molecule has 2 heteroatoms. The summed E-state index contributed by atoms with van der Waals surface area (Å²) < 4.78 is 0. The Kier molecular flexibility index (Phi) is 11.6. The van der Waals surface area contributed by atoms with Gasteiger partial charge >= 0.3 is 0 Å². The Morgan fingerprint density at radius 1 is 1.00 bits per heavy atom. The molecule has 0 aliphatic rings. The summed E-state index contributed by atoms with van der Waals surface area (Å²) in [6.45, 7) is 4.17. The Balaban J connectivity index is 4.66. The van der Waals surface area contributed by atoms with Crippen LogP contribution in [-0.4, -0.2) is 12.6 Å². The van der Waals surface area contributed by atoms with Gasteiger partial charge in [-0.15, -0.1) is 0 Å². The SMILES string of the molecule is CCC=C(C=CC=O)/C(C=O)=C/C=CCCCCC. The van der Waals surface area contributed by atoms with Crippen LogP contribution in [0.3, 0.4) is 0 Å². The van der Waals surface area contributed by atoms with Crippen molar-refractivity contribution >= 4 is 12.6 Å². The molecule has 0 saturated heterocycles. The van der Waals surface area contributed by atoms with Gasteiger partial charge in [-0.1, -0.05) is 57.1 Å². The van der Waals surface area contributed by atoms with E-state index in [0.717, 1.165) is 24.7 Å². The first kappa shape index (κ1) is 17.3. The molecule has 0 saturated carbocycles. The summed E-state index contributed by atoms with van der Waals surface area (Å²) in [7, 11) is 0. The maximum atomic E-state index is 11.1. The van der Waals surface area contributed by atoms with Crippen molar-refractivity contribution in [2.24, 2.45) is 0 Å². The summed E-state index contributed by atoms with van der Waals surface area (Å²) in [6.07, 6.45) is 17.8. The topological polar surface area (TPSA) is 34.1 Å². The van der Waals surface area contributed by atoms with E-state index in [4.69, 9.17) is 0 Å². The highest BCUT2D eigenvalue weighted by Crippen LogP contribution is 2.11. The molecule has 0 atom stereocenters. The molecular formula is C17H24O2. The lowest BCUT2D eigenvalue weighted by molar-refractivity contribution is -0.105. The molecule has 104 valence electrons. The molecular weight excluding hydrogens is 236 g/mol. The molecule has 0 aliphatic heterocycles. The Hall–Kier alpha value is -1.70. The second-order valence-electron chi connectivity index (χ2n) is 4.23. The van der Waals surface area contributed by atoms with E-state index in [1.165, 1.54) is 25.3 Å². The fourth-order valence-electron chi connectivity index (χ4n) is 1.63. The number of carbonyl (C=O) groups excluding carboxylic acids is 2. The van der Waals surface area contributed by atoms with Crippen molar-refractivity contribution in [3.8, 4) is 0 Å². The Morgan fingerprint density at radius 3 is 2.37 bits per heavy atom. The van der Waals surface area contributed by atoms with Crippen molar-refractivity contribution in [2.45, 2.75) is 46.0 Å². The largest absolute Gasteiger partial charge is 0.299 e. The number of hydrogen-bond donors (Lipinski definition) is 0. The van der Waals surface area contributed by atoms with E-state index in [-0.39, 0.29) is 0 Å². The van der Waals surface area contributed by atoms with Crippen LogP contribution in [0.25, 0.3) is 0 Å². The summed E-state index contributed by atoms with van der Waals surface area (Å²) in [5, 5.41) is 0. The van der Waals surface area contributed by atoms with Crippen molar-refractivity contribution in [3.63, 3.8) is 0 Å². The summed E-state index contributed by atoms with van der Waals surface area (Å²) in [5.41, 5.74) is 1.40. The maximum Gasteiger partial charge on any atom is 0.150 e. The first-order valence-electron chi connectivity index (χ1n) is 6.94. The van der Waals surface area contributed by atoms with Gasteiger partial charge in [0.05, 0.1) is 0 Å². The first-order valence-corrected chi connectivity index (χ1v) is 6.94. The predicted molar refractivity (Wildman–Crippen MR) is 81.0 cm³/mol. The van der Waals surface area contributed by atoms with Gasteiger partial charge in [0.15, 0.2) is 6.29 Å². The number of carbonyl (C=O) groups is 2. The molecule has 0 spiro atoms. The van der Waals surface area contributed by atoms with Crippen LogP contribution in [0, 0.1) is 0 Å².